The molecule has 0 saturated heterocycles. The second-order valence-electron chi connectivity index (χ2n) is 5.07. The molecule has 0 saturated carbocycles. The van der Waals surface area contributed by atoms with Gasteiger partial charge in [-0.3, -0.25) is 4.79 Å². The minimum Gasteiger partial charge on any atom is -0.351 e. The van der Waals surface area contributed by atoms with Gasteiger partial charge in [-0.25, -0.2) is 0 Å². The van der Waals surface area contributed by atoms with Gasteiger partial charge in [-0.2, -0.15) is 0 Å². The van der Waals surface area contributed by atoms with Gasteiger partial charge in [-0.1, -0.05) is 60.7 Å². The zero-order valence-electron chi connectivity index (χ0n) is 12.2. The number of amides is 1. The van der Waals surface area contributed by atoms with Gasteiger partial charge in [0.15, 0.2) is 0 Å². The molecule has 0 radical (unpaired) electrons. The summed E-state index contributed by atoms with van der Waals surface area (Å²) in [5.41, 5.74) is 2.26. The van der Waals surface area contributed by atoms with Crippen LogP contribution in [0.15, 0.2) is 72.8 Å². The molecule has 22 heavy (non-hydrogen) atoms. The fourth-order valence-corrected chi connectivity index (χ4v) is 3.21. The van der Waals surface area contributed by atoms with Crippen LogP contribution in [0, 0.1) is 0 Å². The first-order chi connectivity index (χ1) is 10.8. The molecule has 3 heteroatoms. The minimum atomic E-state index is 0.0564. The topological polar surface area (TPSA) is 29.1 Å². The molecule has 0 fully saturated rings. The molecule has 2 aromatic carbocycles. The molecule has 1 aromatic heterocycles. The summed E-state index contributed by atoms with van der Waals surface area (Å²) in [6.07, 6.45) is 0.428. The standard InChI is InChI=1S/C19H17NOS/c21-19(13-15-7-3-1-4-8-15)20-14-17-11-12-18(22-17)16-9-5-2-6-10-16/h1-12H,13-14H2,(H,20,21). The zero-order valence-corrected chi connectivity index (χ0v) is 13.0. The van der Waals surface area contributed by atoms with Gasteiger partial charge in [-0.05, 0) is 23.3 Å². The lowest BCUT2D eigenvalue weighted by Gasteiger charge is -2.03. The molecule has 1 N–H and O–H groups in total. The van der Waals surface area contributed by atoms with Crippen LogP contribution in [0.4, 0.5) is 0 Å². The molecule has 0 bridgehead atoms. The van der Waals surface area contributed by atoms with Crippen LogP contribution in [0.3, 0.4) is 0 Å². The van der Waals surface area contributed by atoms with Crippen molar-refractivity contribution >= 4 is 17.2 Å². The fraction of sp³-hybridized carbons (Fsp3) is 0.105. The van der Waals surface area contributed by atoms with E-state index in [1.807, 2.05) is 48.5 Å². The molecule has 110 valence electrons. The Labute approximate surface area is 134 Å². The van der Waals surface area contributed by atoms with E-state index in [-0.39, 0.29) is 5.91 Å². The molecule has 3 aromatic rings. The van der Waals surface area contributed by atoms with Crippen LogP contribution in [0.2, 0.25) is 0 Å². The Morgan fingerprint density at radius 1 is 0.864 bits per heavy atom. The summed E-state index contributed by atoms with van der Waals surface area (Å²) >= 11 is 1.72. The average molecular weight is 307 g/mol. The van der Waals surface area contributed by atoms with E-state index >= 15 is 0 Å². The molecule has 0 aliphatic carbocycles. The van der Waals surface area contributed by atoms with Crippen molar-refractivity contribution in [3.05, 3.63) is 83.2 Å². The van der Waals surface area contributed by atoms with Crippen molar-refractivity contribution in [3.8, 4) is 10.4 Å². The summed E-state index contributed by atoms with van der Waals surface area (Å²) in [6, 6.07) is 24.3. The van der Waals surface area contributed by atoms with Crippen LogP contribution in [0.5, 0.6) is 0 Å². The first-order valence-corrected chi connectivity index (χ1v) is 8.08. The summed E-state index contributed by atoms with van der Waals surface area (Å²) in [7, 11) is 0. The molecule has 0 unspecified atom stereocenters. The van der Waals surface area contributed by atoms with Gasteiger partial charge in [0.2, 0.25) is 5.91 Å². The second kappa shape index (κ2) is 7.05. The summed E-state index contributed by atoms with van der Waals surface area (Å²) in [4.78, 5) is 14.4. The number of rotatable bonds is 5. The van der Waals surface area contributed by atoms with Crippen molar-refractivity contribution in [2.24, 2.45) is 0 Å². The number of hydrogen-bond donors (Lipinski definition) is 1. The third kappa shape index (κ3) is 3.83. The van der Waals surface area contributed by atoms with Crippen LogP contribution >= 0.6 is 11.3 Å². The van der Waals surface area contributed by atoms with Gasteiger partial charge < -0.3 is 5.32 Å². The largest absolute Gasteiger partial charge is 0.351 e. The highest BCUT2D eigenvalue weighted by Gasteiger charge is 2.05. The highest BCUT2D eigenvalue weighted by atomic mass is 32.1. The molecule has 0 spiro atoms. The lowest BCUT2D eigenvalue weighted by Crippen LogP contribution is -2.24. The molecule has 1 heterocycles. The number of hydrogen-bond acceptors (Lipinski definition) is 2. The lowest BCUT2D eigenvalue weighted by molar-refractivity contribution is -0.120. The molecule has 0 aliphatic rings. The molecule has 3 rings (SSSR count). The summed E-state index contributed by atoms with van der Waals surface area (Å²) in [5, 5.41) is 2.98. The molecule has 0 aliphatic heterocycles. The summed E-state index contributed by atoms with van der Waals surface area (Å²) in [6.45, 7) is 0.586. The van der Waals surface area contributed by atoms with E-state index in [4.69, 9.17) is 0 Å². The Morgan fingerprint density at radius 2 is 1.55 bits per heavy atom. The van der Waals surface area contributed by atoms with Gasteiger partial charge in [-0.15, -0.1) is 11.3 Å². The SMILES string of the molecule is O=C(Cc1ccccc1)NCc1ccc(-c2ccccc2)s1. The van der Waals surface area contributed by atoms with Crippen molar-refractivity contribution in [1.82, 2.24) is 5.32 Å². The van der Waals surface area contributed by atoms with Crippen LogP contribution < -0.4 is 5.32 Å². The van der Waals surface area contributed by atoms with E-state index in [1.165, 1.54) is 15.3 Å². The molecule has 2 nitrogen and oxygen atoms in total. The Kier molecular flexibility index (Phi) is 4.66. The maximum Gasteiger partial charge on any atom is 0.224 e. The van der Waals surface area contributed by atoms with E-state index in [0.29, 0.717) is 13.0 Å². The average Bonchev–Trinajstić information content (AvgIpc) is 3.04. The number of thiophene rings is 1. The van der Waals surface area contributed by atoms with E-state index < -0.39 is 0 Å². The second-order valence-corrected chi connectivity index (χ2v) is 6.24. The predicted molar refractivity (Wildman–Crippen MR) is 91.7 cm³/mol. The van der Waals surface area contributed by atoms with Crippen molar-refractivity contribution in [2.75, 3.05) is 0 Å². The normalized spacial score (nSPS) is 10.4. The van der Waals surface area contributed by atoms with Crippen molar-refractivity contribution in [2.45, 2.75) is 13.0 Å². The number of benzene rings is 2. The molecule has 1 amide bonds. The number of carbonyl (C=O) groups is 1. The Hall–Kier alpha value is -2.39. The van der Waals surface area contributed by atoms with Crippen LogP contribution in [-0.2, 0) is 17.8 Å². The van der Waals surface area contributed by atoms with Crippen LogP contribution in [0.25, 0.3) is 10.4 Å². The summed E-state index contributed by atoms with van der Waals surface area (Å²) < 4.78 is 0. The van der Waals surface area contributed by atoms with Gasteiger partial charge >= 0.3 is 0 Å². The first-order valence-electron chi connectivity index (χ1n) is 7.26. The van der Waals surface area contributed by atoms with E-state index in [1.54, 1.807) is 11.3 Å². The Balaban J connectivity index is 1.56. The molecular formula is C19H17NOS. The smallest absolute Gasteiger partial charge is 0.224 e. The Bertz CT molecular complexity index is 734. The van der Waals surface area contributed by atoms with Gasteiger partial charge in [0.25, 0.3) is 0 Å². The van der Waals surface area contributed by atoms with Gasteiger partial charge in [0, 0.05) is 9.75 Å². The third-order valence-corrected chi connectivity index (χ3v) is 4.52. The molecule has 0 atom stereocenters. The van der Waals surface area contributed by atoms with Crippen molar-refractivity contribution < 1.29 is 4.79 Å². The maximum absolute atomic E-state index is 12.0. The van der Waals surface area contributed by atoms with E-state index in [2.05, 4.69) is 29.6 Å². The first kappa shape index (κ1) is 14.5. The van der Waals surface area contributed by atoms with Crippen molar-refractivity contribution in [1.29, 1.82) is 0 Å². The Morgan fingerprint density at radius 3 is 2.27 bits per heavy atom. The van der Waals surface area contributed by atoms with E-state index in [0.717, 1.165) is 5.56 Å². The highest BCUT2D eigenvalue weighted by Crippen LogP contribution is 2.27. The number of nitrogens with one attached hydrogen (secondary N) is 1. The zero-order chi connectivity index (χ0) is 15.2. The van der Waals surface area contributed by atoms with Gasteiger partial charge in [0.1, 0.15) is 0 Å². The fourth-order valence-electron chi connectivity index (χ4n) is 2.26. The monoisotopic (exact) mass is 307 g/mol. The molecular weight excluding hydrogens is 290 g/mol. The van der Waals surface area contributed by atoms with Gasteiger partial charge in [0.05, 0.1) is 13.0 Å². The minimum absolute atomic E-state index is 0.0564. The summed E-state index contributed by atoms with van der Waals surface area (Å²) in [5.74, 6) is 0.0564. The van der Waals surface area contributed by atoms with Crippen LogP contribution in [-0.4, -0.2) is 5.91 Å². The van der Waals surface area contributed by atoms with E-state index in [9.17, 15) is 4.79 Å². The predicted octanol–water partition coefficient (Wildman–Crippen LogP) is 4.27. The quantitative estimate of drug-likeness (QED) is 0.749. The van der Waals surface area contributed by atoms with Crippen LogP contribution in [0.1, 0.15) is 10.4 Å². The maximum atomic E-state index is 12.0. The van der Waals surface area contributed by atoms with Crippen molar-refractivity contribution in [3.63, 3.8) is 0 Å². The lowest BCUT2D eigenvalue weighted by atomic mass is 10.1. The highest BCUT2D eigenvalue weighted by molar-refractivity contribution is 7.15. The third-order valence-electron chi connectivity index (χ3n) is 3.39. The number of carbonyl (C=O) groups excluding carboxylic acids is 1.